The van der Waals surface area contributed by atoms with Crippen LogP contribution in [0.5, 0.6) is 11.5 Å². The van der Waals surface area contributed by atoms with Gasteiger partial charge >= 0.3 is 0 Å². The first-order valence-corrected chi connectivity index (χ1v) is 12.2. The summed E-state index contributed by atoms with van der Waals surface area (Å²) in [5.74, 6) is 1.02. The van der Waals surface area contributed by atoms with Crippen LogP contribution < -0.4 is 9.47 Å². The van der Waals surface area contributed by atoms with Crippen LogP contribution in [0.25, 0.3) is 11.8 Å². The monoisotopic (exact) mass is 499 g/mol. The molecule has 3 aromatic rings. The zero-order chi connectivity index (χ0) is 25.4. The van der Waals surface area contributed by atoms with Gasteiger partial charge in [-0.05, 0) is 80.1 Å². The molecule has 2 aromatic carbocycles. The maximum Gasteiger partial charge on any atom is 0.283 e. The maximum atomic E-state index is 12.9. The number of fused-ring (bicyclic) bond motifs is 1. The van der Waals surface area contributed by atoms with E-state index < -0.39 is 5.91 Å². The molecule has 3 heterocycles. The summed E-state index contributed by atoms with van der Waals surface area (Å²) in [7, 11) is 1.64. The lowest BCUT2D eigenvalue weighted by Gasteiger charge is -2.20. The molecular formula is C27H25N5O3S. The van der Waals surface area contributed by atoms with Crippen molar-refractivity contribution in [3.63, 3.8) is 0 Å². The molecule has 0 bridgehead atoms. The van der Waals surface area contributed by atoms with Crippen LogP contribution >= 0.6 is 11.8 Å². The summed E-state index contributed by atoms with van der Waals surface area (Å²) in [5.41, 5.74) is 4.92. The number of thioether (sulfide) groups is 1. The number of amidine groups is 2. The number of aliphatic imine (C=N–C) groups is 1. The van der Waals surface area contributed by atoms with Gasteiger partial charge < -0.3 is 14.0 Å². The predicted octanol–water partition coefficient (Wildman–Crippen LogP) is 5.11. The van der Waals surface area contributed by atoms with Gasteiger partial charge in [0.05, 0.1) is 18.4 Å². The van der Waals surface area contributed by atoms with E-state index in [1.165, 1.54) is 16.8 Å². The van der Waals surface area contributed by atoms with Crippen LogP contribution in [0, 0.1) is 26.2 Å². The van der Waals surface area contributed by atoms with Crippen LogP contribution in [0.2, 0.25) is 0 Å². The molecule has 1 N–H and O–H groups in total. The smallest absolute Gasteiger partial charge is 0.283 e. The number of para-hydroxylation sites is 2. The molecule has 5 rings (SSSR count). The normalized spacial score (nSPS) is 16.2. The Kier molecular flexibility index (Phi) is 6.24. The number of aromatic nitrogens is 1. The topological polar surface area (TPSA) is 92.3 Å². The molecule has 8 nitrogen and oxygen atoms in total. The second kappa shape index (κ2) is 9.50. The van der Waals surface area contributed by atoms with E-state index in [-0.39, 0.29) is 18.0 Å². The van der Waals surface area contributed by atoms with E-state index in [4.69, 9.17) is 14.9 Å². The van der Waals surface area contributed by atoms with E-state index >= 15 is 0 Å². The number of amides is 1. The van der Waals surface area contributed by atoms with Crippen molar-refractivity contribution in [3.8, 4) is 17.2 Å². The van der Waals surface area contributed by atoms with E-state index in [1.54, 1.807) is 13.2 Å². The molecular weight excluding hydrogens is 474 g/mol. The highest BCUT2D eigenvalue weighted by Crippen LogP contribution is 2.32. The van der Waals surface area contributed by atoms with E-state index in [0.29, 0.717) is 10.2 Å². The quantitative estimate of drug-likeness (QED) is 0.476. The third kappa shape index (κ3) is 4.33. The number of carbonyl (C=O) groups excluding carboxylic acids is 1. The fourth-order valence-electron chi connectivity index (χ4n) is 4.21. The molecule has 9 heteroatoms. The molecule has 1 amide bonds. The number of rotatable bonds is 6. The van der Waals surface area contributed by atoms with Crippen molar-refractivity contribution >= 4 is 39.8 Å². The molecule has 0 atom stereocenters. The third-order valence-electron chi connectivity index (χ3n) is 5.94. The molecule has 0 fully saturated rings. The highest BCUT2D eigenvalue weighted by Gasteiger charge is 2.36. The molecule has 2 aliphatic rings. The Balaban J connectivity index is 1.41. The Morgan fingerprint density at radius 1 is 1.08 bits per heavy atom. The Labute approximate surface area is 213 Å². The third-order valence-corrected chi connectivity index (χ3v) is 6.83. The lowest BCUT2D eigenvalue weighted by molar-refractivity contribution is -0.114. The fourth-order valence-corrected chi connectivity index (χ4v) is 5.01. The molecule has 0 radical (unpaired) electrons. The van der Waals surface area contributed by atoms with Gasteiger partial charge in [-0.3, -0.25) is 10.2 Å². The molecule has 36 heavy (non-hydrogen) atoms. The summed E-state index contributed by atoms with van der Waals surface area (Å²) < 4.78 is 13.4. The van der Waals surface area contributed by atoms with Gasteiger partial charge in [-0.2, -0.15) is 15.1 Å². The number of aryl methyl sites for hydroxylation is 2. The van der Waals surface area contributed by atoms with E-state index in [1.807, 2.05) is 75.4 Å². The Hall–Kier alpha value is -4.11. The summed E-state index contributed by atoms with van der Waals surface area (Å²) >= 11 is 1.24. The zero-order valence-electron chi connectivity index (χ0n) is 20.4. The van der Waals surface area contributed by atoms with Gasteiger partial charge in [0.25, 0.3) is 5.91 Å². The number of hydrogen-bond acceptors (Lipinski definition) is 6. The maximum absolute atomic E-state index is 12.9. The second-order valence-corrected chi connectivity index (χ2v) is 9.49. The van der Waals surface area contributed by atoms with Gasteiger partial charge in [0.15, 0.2) is 5.84 Å². The molecule has 0 spiro atoms. The first kappa shape index (κ1) is 23.6. The Morgan fingerprint density at radius 3 is 2.67 bits per heavy atom. The standard InChI is InChI=1S/C27H25N5O3S/c1-16-8-7-9-20(12-16)35-15-24-30-32-25(28)21(26(33)29-27(32)36-24)14-19-13-17(2)31(18(19)3)22-10-5-6-11-23(22)34-4/h5-14,28H,15H2,1-4H3/b21-14-,28-25?. The molecule has 0 saturated carbocycles. The van der Waals surface area contributed by atoms with Crippen molar-refractivity contribution in [1.29, 1.82) is 5.41 Å². The Morgan fingerprint density at radius 2 is 1.89 bits per heavy atom. The second-order valence-electron chi connectivity index (χ2n) is 8.45. The molecule has 0 aliphatic carbocycles. The molecule has 0 unspecified atom stereocenters. The molecule has 0 saturated heterocycles. The largest absolute Gasteiger partial charge is 0.495 e. The van der Waals surface area contributed by atoms with Gasteiger partial charge in [-0.25, -0.2) is 0 Å². The molecule has 1 aromatic heterocycles. The molecule has 182 valence electrons. The lowest BCUT2D eigenvalue weighted by atomic mass is 10.1. The van der Waals surface area contributed by atoms with Gasteiger partial charge in [-0.15, -0.1) is 0 Å². The number of hydrogen-bond donors (Lipinski definition) is 1. The van der Waals surface area contributed by atoms with Crippen molar-refractivity contribution in [2.45, 2.75) is 20.8 Å². The predicted molar refractivity (Wildman–Crippen MR) is 143 cm³/mol. The number of hydrazone groups is 1. The average molecular weight is 500 g/mol. The minimum Gasteiger partial charge on any atom is -0.495 e. The molecule has 2 aliphatic heterocycles. The summed E-state index contributed by atoms with van der Waals surface area (Å²) in [6, 6.07) is 17.5. The van der Waals surface area contributed by atoms with Crippen LogP contribution in [0.4, 0.5) is 0 Å². The van der Waals surface area contributed by atoms with Crippen molar-refractivity contribution in [1.82, 2.24) is 9.58 Å². The van der Waals surface area contributed by atoms with E-state index in [0.717, 1.165) is 39.7 Å². The summed E-state index contributed by atoms with van der Waals surface area (Å²) in [6.07, 6.45) is 1.71. The lowest BCUT2D eigenvalue weighted by Crippen LogP contribution is -2.35. The number of benzene rings is 2. The number of nitrogens with one attached hydrogen (secondary N) is 1. The van der Waals surface area contributed by atoms with Gasteiger partial charge in [0.2, 0.25) is 5.17 Å². The summed E-state index contributed by atoms with van der Waals surface area (Å²) in [5, 5.41) is 15.6. The minimum atomic E-state index is -0.461. The highest BCUT2D eigenvalue weighted by atomic mass is 32.2. The number of methoxy groups -OCH3 is 1. The van der Waals surface area contributed by atoms with Crippen molar-refractivity contribution in [2.24, 2.45) is 10.1 Å². The highest BCUT2D eigenvalue weighted by molar-refractivity contribution is 8.27. The van der Waals surface area contributed by atoms with Crippen molar-refractivity contribution in [2.75, 3.05) is 13.7 Å². The minimum absolute atomic E-state index is 0.00912. The van der Waals surface area contributed by atoms with Crippen LogP contribution in [-0.2, 0) is 4.79 Å². The van der Waals surface area contributed by atoms with Crippen molar-refractivity contribution in [3.05, 3.63) is 82.7 Å². The van der Waals surface area contributed by atoms with Crippen LogP contribution in [0.1, 0.15) is 22.5 Å². The number of ether oxygens (including phenoxy) is 2. The SMILES string of the molecule is COc1ccccc1-n1c(C)cc(/C=C2/C(=N)N3N=C(COc4cccc(C)c4)SC3=NC2=O)c1C. The van der Waals surface area contributed by atoms with E-state index in [9.17, 15) is 4.79 Å². The van der Waals surface area contributed by atoms with Crippen LogP contribution in [0.3, 0.4) is 0 Å². The first-order valence-electron chi connectivity index (χ1n) is 11.4. The number of nitrogens with zero attached hydrogens (tertiary/aromatic N) is 4. The zero-order valence-corrected chi connectivity index (χ0v) is 21.2. The summed E-state index contributed by atoms with van der Waals surface area (Å²) in [4.78, 5) is 17.1. The van der Waals surface area contributed by atoms with E-state index in [2.05, 4.69) is 14.7 Å². The average Bonchev–Trinajstić information content (AvgIpc) is 3.40. The van der Waals surface area contributed by atoms with Crippen molar-refractivity contribution < 1.29 is 14.3 Å². The first-order chi connectivity index (χ1) is 17.4. The number of carbonyl (C=O) groups is 1. The van der Waals surface area contributed by atoms with Gasteiger partial charge in [0.1, 0.15) is 23.1 Å². The van der Waals surface area contributed by atoms with Gasteiger partial charge in [-0.1, -0.05) is 24.3 Å². The van der Waals surface area contributed by atoms with Crippen LogP contribution in [-0.4, -0.2) is 45.2 Å². The summed E-state index contributed by atoms with van der Waals surface area (Å²) in [6.45, 7) is 6.19. The van der Waals surface area contributed by atoms with Crippen LogP contribution in [0.15, 0.2) is 70.3 Å². The fraction of sp³-hybridized carbons (Fsp3) is 0.185. The Bertz CT molecular complexity index is 1480. The van der Waals surface area contributed by atoms with Gasteiger partial charge in [0, 0.05) is 11.4 Å².